The molecule has 0 saturated carbocycles. The Labute approximate surface area is 187 Å². The summed E-state index contributed by atoms with van der Waals surface area (Å²) in [4.78, 5) is 22.6. The van der Waals surface area contributed by atoms with Crippen molar-refractivity contribution in [2.75, 3.05) is 11.1 Å². The van der Waals surface area contributed by atoms with Crippen LogP contribution in [0, 0.1) is 24.0 Å². The molecule has 9 nitrogen and oxygen atoms in total. The van der Waals surface area contributed by atoms with E-state index in [1.54, 1.807) is 11.6 Å². The van der Waals surface area contributed by atoms with Crippen LogP contribution in [-0.4, -0.2) is 31.3 Å². The second-order valence-corrected chi connectivity index (χ2v) is 8.12. The molecule has 1 N–H and O–H groups in total. The fraction of sp³-hybridized carbons (Fsp3) is 0.250. The molecule has 0 fully saturated rings. The molecule has 0 spiro atoms. The van der Waals surface area contributed by atoms with Gasteiger partial charge in [0.25, 0.3) is 5.69 Å². The Morgan fingerprint density at radius 2 is 2.03 bits per heavy atom. The van der Waals surface area contributed by atoms with Crippen molar-refractivity contribution in [2.24, 2.45) is 7.05 Å². The zero-order valence-corrected chi connectivity index (χ0v) is 18.7. The van der Waals surface area contributed by atoms with E-state index in [0.717, 1.165) is 16.9 Å². The number of nitrogens with one attached hydrogen (secondary N) is 1. The first kappa shape index (κ1) is 22.6. The molecular weight excluding hydrogens is 442 g/mol. The molecule has 162 valence electrons. The van der Waals surface area contributed by atoms with Gasteiger partial charge in [0.15, 0.2) is 11.0 Å². The van der Waals surface area contributed by atoms with Gasteiger partial charge in [0.2, 0.25) is 5.91 Å². The van der Waals surface area contributed by atoms with Gasteiger partial charge in [0.1, 0.15) is 12.4 Å². The number of carbonyl (C=O) groups excluding carboxylic acids is 1. The minimum absolute atomic E-state index is 0.0306. The Kier molecular flexibility index (Phi) is 7.13. The topological polar surface area (TPSA) is 112 Å². The van der Waals surface area contributed by atoms with Gasteiger partial charge in [-0.3, -0.25) is 14.9 Å². The standard InChI is InChI=1S/C20H20ClN5O4S/c1-12-4-5-13(2)17(8-12)30-10-18-23-24-20(25(18)3)31-11-19(27)22-16-9-14(26(28)29)6-7-15(16)21/h4-9H,10-11H2,1-3H3,(H,22,27). The maximum absolute atomic E-state index is 12.3. The van der Waals surface area contributed by atoms with Crippen LogP contribution in [0.3, 0.4) is 0 Å². The number of aromatic nitrogens is 3. The second kappa shape index (κ2) is 9.80. The summed E-state index contributed by atoms with van der Waals surface area (Å²) in [7, 11) is 1.79. The molecule has 2 aromatic carbocycles. The summed E-state index contributed by atoms with van der Waals surface area (Å²) in [6, 6.07) is 9.84. The molecule has 0 saturated heterocycles. The summed E-state index contributed by atoms with van der Waals surface area (Å²) in [5.74, 6) is 1.06. The van der Waals surface area contributed by atoms with Gasteiger partial charge >= 0.3 is 0 Å². The molecule has 1 amide bonds. The van der Waals surface area contributed by atoms with Crippen LogP contribution in [0.2, 0.25) is 5.02 Å². The van der Waals surface area contributed by atoms with Gasteiger partial charge in [0.05, 0.1) is 21.4 Å². The van der Waals surface area contributed by atoms with Crippen molar-refractivity contribution in [3.05, 3.63) is 68.5 Å². The molecular formula is C20H20ClN5O4S. The van der Waals surface area contributed by atoms with Crippen molar-refractivity contribution < 1.29 is 14.5 Å². The number of hydrogen-bond acceptors (Lipinski definition) is 7. The van der Waals surface area contributed by atoms with Crippen molar-refractivity contribution in [3.63, 3.8) is 0 Å². The fourth-order valence-corrected chi connectivity index (χ4v) is 3.54. The van der Waals surface area contributed by atoms with E-state index in [1.165, 1.54) is 30.0 Å². The first-order valence-electron chi connectivity index (χ1n) is 9.19. The molecule has 1 aromatic heterocycles. The number of amides is 1. The average molecular weight is 462 g/mol. The van der Waals surface area contributed by atoms with Crippen LogP contribution in [0.5, 0.6) is 5.75 Å². The van der Waals surface area contributed by atoms with E-state index in [0.29, 0.717) is 11.0 Å². The number of thioether (sulfide) groups is 1. The Bertz CT molecular complexity index is 1130. The largest absolute Gasteiger partial charge is 0.485 e. The third kappa shape index (κ3) is 5.74. The summed E-state index contributed by atoms with van der Waals surface area (Å²) in [6.45, 7) is 4.21. The third-order valence-electron chi connectivity index (χ3n) is 4.39. The number of nitro benzene ring substituents is 1. The minimum Gasteiger partial charge on any atom is -0.485 e. The molecule has 1 heterocycles. The number of aryl methyl sites for hydroxylation is 2. The first-order chi connectivity index (χ1) is 14.7. The van der Waals surface area contributed by atoms with Gasteiger partial charge in [-0.15, -0.1) is 10.2 Å². The van der Waals surface area contributed by atoms with Crippen molar-refractivity contribution in [2.45, 2.75) is 25.6 Å². The van der Waals surface area contributed by atoms with Gasteiger partial charge in [-0.1, -0.05) is 35.5 Å². The molecule has 3 rings (SSSR count). The molecule has 3 aromatic rings. The number of benzene rings is 2. The number of anilines is 1. The van der Waals surface area contributed by atoms with Crippen LogP contribution in [-0.2, 0) is 18.4 Å². The van der Waals surface area contributed by atoms with Crippen LogP contribution in [0.4, 0.5) is 11.4 Å². The van der Waals surface area contributed by atoms with E-state index < -0.39 is 4.92 Å². The molecule has 0 unspecified atom stereocenters. The van der Waals surface area contributed by atoms with Crippen molar-refractivity contribution in [3.8, 4) is 5.75 Å². The lowest BCUT2D eigenvalue weighted by Crippen LogP contribution is -2.15. The van der Waals surface area contributed by atoms with Crippen LogP contribution in [0.1, 0.15) is 17.0 Å². The maximum Gasteiger partial charge on any atom is 0.271 e. The number of nitrogens with zero attached hydrogens (tertiary/aromatic N) is 4. The zero-order valence-electron chi connectivity index (χ0n) is 17.1. The number of halogens is 1. The third-order valence-corrected chi connectivity index (χ3v) is 5.74. The highest BCUT2D eigenvalue weighted by molar-refractivity contribution is 7.99. The lowest BCUT2D eigenvalue weighted by molar-refractivity contribution is -0.384. The molecule has 0 atom stereocenters. The van der Waals surface area contributed by atoms with Gasteiger partial charge in [0, 0.05) is 19.2 Å². The summed E-state index contributed by atoms with van der Waals surface area (Å²) < 4.78 is 7.62. The van der Waals surface area contributed by atoms with E-state index in [1.807, 2.05) is 32.0 Å². The Hall–Kier alpha value is -3.11. The summed E-state index contributed by atoms with van der Waals surface area (Å²) >= 11 is 7.20. The highest BCUT2D eigenvalue weighted by Gasteiger charge is 2.15. The molecule has 11 heteroatoms. The molecule has 31 heavy (non-hydrogen) atoms. The number of rotatable bonds is 8. The number of non-ortho nitro benzene ring substituents is 1. The summed E-state index contributed by atoms with van der Waals surface area (Å²) in [6.07, 6.45) is 0. The van der Waals surface area contributed by atoms with Crippen molar-refractivity contribution in [1.82, 2.24) is 14.8 Å². The number of hydrogen-bond donors (Lipinski definition) is 1. The van der Waals surface area contributed by atoms with E-state index in [9.17, 15) is 14.9 Å². The highest BCUT2D eigenvalue weighted by atomic mass is 35.5. The molecule has 0 radical (unpaired) electrons. The number of ether oxygens (including phenoxy) is 1. The normalized spacial score (nSPS) is 10.7. The lowest BCUT2D eigenvalue weighted by atomic mass is 10.1. The van der Waals surface area contributed by atoms with E-state index >= 15 is 0 Å². The Morgan fingerprint density at radius 1 is 1.26 bits per heavy atom. The molecule has 0 bridgehead atoms. The zero-order chi connectivity index (χ0) is 22.5. The predicted octanol–water partition coefficient (Wildman–Crippen LogP) is 4.30. The quantitative estimate of drug-likeness (QED) is 0.302. The van der Waals surface area contributed by atoms with Gasteiger partial charge < -0.3 is 14.6 Å². The highest BCUT2D eigenvalue weighted by Crippen LogP contribution is 2.27. The van der Waals surface area contributed by atoms with Gasteiger partial charge in [-0.05, 0) is 37.1 Å². The predicted molar refractivity (Wildman–Crippen MR) is 119 cm³/mol. The van der Waals surface area contributed by atoms with Gasteiger partial charge in [-0.2, -0.15) is 0 Å². The lowest BCUT2D eigenvalue weighted by Gasteiger charge is -2.10. The summed E-state index contributed by atoms with van der Waals surface area (Å²) in [5.41, 5.74) is 2.15. The Balaban J connectivity index is 1.58. The van der Waals surface area contributed by atoms with Crippen LogP contribution in [0.15, 0.2) is 41.6 Å². The second-order valence-electron chi connectivity index (χ2n) is 6.77. The monoisotopic (exact) mass is 461 g/mol. The molecule has 0 aliphatic carbocycles. The maximum atomic E-state index is 12.3. The van der Waals surface area contributed by atoms with E-state index in [4.69, 9.17) is 16.3 Å². The SMILES string of the molecule is Cc1ccc(C)c(OCc2nnc(SCC(=O)Nc3cc([N+](=O)[O-])ccc3Cl)n2C)c1. The van der Waals surface area contributed by atoms with Crippen LogP contribution in [0.25, 0.3) is 0 Å². The minimum atomic E-state index is -0.553. The Morgan fingerprint density at radius 3 is 2.77 bits per heavy atom. The van der Waals surface area contributed by atoms with Crippen molar-refractivity contribution >= 4 is 40.6 Å². The molecule has 0 aliphatic rings. The number of nitro groups is 1. The van der Waals surface area contributed by atoms with E-state index in [-0.39, 0.29) is 34.7 Å². The average Bonchev–Trinajstić information content (AvgIpc) is 3.08. The molecule has 0 aliphatic heterocycles. The smallest absolute Gasteiger partial charge is 0.271 e. The number of carbonyl (C=O) groups is 1. The van der Waals surface area contributed by atoms with Gasteiger partial charge in [-0.25, -0.2) is 0 Å². The fourth-order valence-electron chi connectivity index (χ4n) is 2.64. The van der Waals surface area contributed by atoms with E-state index in [2.05, 4.69) is 15.5 Å². The summed E-state index contributed by atoms with van der Waals surface area (Å²) in [5, 5.41) is 22.5. The van der Waals surface area contributed by atoms with Crippen LogP contribution >= 0.6 is 23.4 Å². The van der Waals surface area contributed by atoms with Crippen molar-refractivity contribution in [1.29, 1.82) is 0 Å². The van der Waals surface area contributed by atoms with Crippen LogP contribution < -0.4 is 10.1 Å². The first-order valence-corrected chi connectivity index (χ1v) is 10.6.